The molecule has 2 amide bonds. The second-order valence-corrected chi connectivity index (χ2v) is 6.47. The summed E-state index contributed by atoms with van der Waals surface area (Å²) >= 11 is 0. The molecule has 0 aromatic carbocycles. The number of carboxylic acids is 1. The Hall–Kier alpha value is -1.35. The molecule has 118 valence electrons. The Morgan fingerprint density at radius 1 is 1.15 bits per heavy atom. The second-order valence-electron chi connectivity index (χ2n) is 4.43. The number of hydrogen-bond acceptors (Lipinski definition) is 4. The molecule has 0 saturated heterocycles. The van der Waals surface area contributed by atoms with E-state index >= 15 is 0 Å². The SMILES string of the molecule is CCC(CC)(CNC(=O)NCCS(=O)(=O)NC)C(=O)O. The molecule has 0 aliphatic carbocycles. The molecular weight excluding hydrogens is 286 g/mol. The minimum Gasteiger partial charge on any atom is -0.481 e. The Bertz CT molecular complexity index is 431. The topological polar surface area (TPSA) is 125 Å². The first kappa shape index (κ1) is 18.7. The fourth-order valence-corrected chi connectivity index (χ4v) is 2.17. The van der Waals surface area contributed by atoms with Gasteiger partial charge in [0.1, 0.15) is 0 Å². The van der Waals surface area contributed by atoms with Crippen LogP contribution in [-0.2, 0) is 14.8 Å². The minimum atomic E-state index is -3.37. The summed E-state index contributed by atoms with van der Waals surface area (Å²) in [5.41, 5.74) is -0.992. The number of carboxylic acid groups (broad SMARTS) is 1. The number of sulfonamides is 1. The van der Waals surface area contributed by atoms with Crippen LogP contribution >= 0.6 is 0 Å². The van der Waals surface area contributed by atoms with Gasteiger partial charge in [-0.05, 0) is 19.9 Å². The van der Waals surface area contributed by atoms with Gasteiger partial charge in [0.15, 0.2) is 0 Å². The van der Waals surface area contributed by atoms with Crippen LogP contribution in [0.4, 0.5) is 4.79 Å². The Morgan fingerprint density at radius 3 is 2.10 bits per heavy atom. The molecule has 9 heteroatoms. The molecule has 0 aromatic heterocycles. The lowest BCUT2D eigenvalue weighted by Gasteiger charge is -2.26. The lowest BCUT2D eigenvalue weighted by molar-refractivity contribution is -0.149. The van der Waals surface area contributed by atoms with Crippen molar-refractivity contribution < 1.29 is 23.1 Å². The van der Waals surface area contributed by atoms with Crippen molar-refractivity contribution in [3.63, 3.8) is 0 Å². The first-order valence-corrected chi connectivity index (χ1v) is 8.04. The van der Waals surface area contributed by atoms with Gasteiger partial charge in [-0.2, -0.15) is 0 Å². The standard InChI is InChI=1S/C11H23N3O5S/c1-4-11(5-2,9(15)16)8-14-10(17)13-6-7-20(18,19)12-3/h12H,4-8H2,1-3H3,(H,15,16)(H2,13,14,17). The highest BCUT2D eigenvalue weighted by molar-refractivity contribution is 7.89. The van der Waals surface area contributed by atoms with Crippen molar-refractivity contribution in [2.75, 3.05) is 25.9 Å². The second kappa shape index (κ2) is 8.05. The minimum absolute atomic E-state index is 0.0000551. The number of aliphatic carboxylic acids is 1. The van der Waals surface area contributed by atoms with Crippen LogP contribution in [0.1, 0.15) is 26.7 Å². The fraction of sp³-hybridized carbons (Fsp3) is 0.818. The maximum absolute atomic E-state index is 11.5. The van der Waals surface area contributed by atoms with E-state index in [1.54, 1.807) is 13.8 Å². The first-order valence-electron chi connectivity index (χ1n) is 6.39. The quantitative estimate of drug-likeness (QED) is 0.466. The molecule has 0 radical (unpaired) electrons. The van der Waals surface area contributed by atoms with Crippen molar-refractivity contribution in [2.45, 2.75) is 26.7 Å². The van der Waals surface area contributed by atoms with Gasteiger partial charge in [0.2, 0.25) is 10.0 Å². The van der Waals surface area contributed by atoms with Gasteiger partial charge in [0.05, 0.1) is 11.2 Å². The van der Waals surface area contributed by atoms with Crippen LogP contribution in [0, 0.1) is 5.41 Å². The van der Waals surface area contributed by atoms with E-state index in [9.17, 15) is 23.1 Å². The highest BCUT2D eigenvalue weighted by atomic mass is 32.2. The molecule has 0 aromatic rings. The van der Waals surface area contributed by atoms with Crippen molar-refractivity contribution in [1.82, 2.24) is 15.4 Å². The summed E-state index contributed by atoms with van der Waals surface area (Å²) < 4.78 is 24.4. The van der Waals surface area contributed by atoms with Crippen molar-refractivity contribution in [1.29, 1.82) is 0 Å². The summed E-state index contributed by atoms with van der Waals surface area (Å²) in [6, 6.07) is -0.580. The molecular formula is C11H23N3O5S. The maximum Gasteiger partial charge on any atom is 0.314 e. The van der Waals surface area contributed by atoms with E-state index in [0.29, 0.717) is 12.8 Å². The average molecular weight is 309 g/mol. The number of nitrogens with one attached hydrogen (secondary N) is 3. The van der Waals surface area contributed by atoms with Crippen LogP contribution in [-0.4, -0.2) is 51.4 Å². The predicted molar refractivity (Wildman–Crippen MR) is 74.9 cm³/mol. The molecule has 0 saturated carbocycles. The Labute approximate surface area is 119 Å². The number of hydrogen-bond donors (Lipinski definition) is 4. The highest BCUT2D eigenvalue weighted by Crippen LogP contribution is 2.25. The Balaban J connectivity index is 4.26. The number of rotatable bonds is 9. The molecule has 8 nitrogen and oxygen atoms in total. The fourth-order valence-electron chi connectivity index (χ4n) is 1.59. The predicted octanol–water partition coefficient (Wildman–Crippen LogP) is -0.274. The van der Waals surface area contributed by atoms with Crippen LogP contribution < -0.4 is 15.4 Å². The molecule has 20 heavy (non-hydrogen) atoms. The van der Waals surface area contributed by atoms with Crippen LogP contribution in [0.25, 0.3) is 0 Å². The third-order valence-electron chi connectivity index (χ3n) is 3.36. The zero-order valence-electron chi connectivity index (χ0n) is 12.0. The summed E-state index contributed by atoms with van der Waals surface area (Å²) in [5, 5.41) is 14.0. The largest absolute Gasteiger partial charge is 0.481 e. The van der Waals surface area contributed by atoms with Gasteiger partial charge < -0.3 is 15.7 Å². The van der Waals surface area contributed by atoms with E-state index in [1.807, 2.05) is 0 Å². The van der Waals surface area contributed by atoms with E-state index in [0.717, 1.165) is 0 Å². The molecule has 0 rings (SSSR count). The van der Waals surface area contributed by atoms with Gasteiger partial charge in [-0.1, -0.05) is 13.8 Å². The normalized spacial score (nSPS) is 11.9. The smallest absolute Gasteiger partial charge is 0.314 e. The van der Waals surface area contributed by atoms with Crippen molar-refractivity contribution >= 4 is 22.0 Å². The van der Waals surface area contributed by atoms with E-state index < -0.39 is 27.4 Å². The van der Waals surface area contributed by atoms with E-state index in [-0.39, 0.29) is 18.8 Å². The van der Waals surface area contributed by atoms with Gasteiger partial charge in [0.25, 0.3) is 0 Å². The molecule has 4 N–H and O–H groups in total. The summed E-state index contributed by atoms with van der Waals surface area (Å²) in [4.78, 5) is 22.7. The van der Waals surface area contributed by atoms with E-state index in [2.05, 4.69) is 15.4 Å². The van der Waals surface area contributed by atoms with Crippen molar-refractivity contribution in [3.05, 3.63) is 0 Å². The molecule has 0 unspecified atom stereocenters. The third kappa shape index (κ3) is 5.74. The number of amides is 2. The van der Waals surface area contributed by atoms with Crippen molar-refractivity contribution in [3.8, 4) is 0 Å². The van der Waals surface area contributed by atoms with Crippen molar-refractivity contribution in [2.24, 2.45) is 5.41 Å². The third-order valence-corrected chi connectivity index (χ3v) is 4.73. The molecule has 0 atom stereocenters. The molecule has 0 bridgehead atoms. The Kier molecular flexibility index (Phi) is 7.51. The molecule has 0 spiro atoms. The van der Waals surface area contributed by atoms with Crippen LogP contribution in [0.2, 0.25) is 0 Å². The maximum atomic E-state index is 11.5. The van der Waals surface area contributed by atoms with E-state index in [1.165, 1.54) is 7.05 Å². The van der Waals surface area contributed by atoms with Crippen LogP contribution in [0.5, 0.6) is 0 Å². The van der Waals surface area contributed by atoms with Gasteiger partial charge in [-0.25, -0.2) is 17.9 Å². The highest BCUT2D eigenvalue weighted by Gasteiger charge is 2.35. The summed E-state index contributed by atoms with van der Waals surface area (Å²) in [5.74, 6) is -1.19. The zero-order chi connectivity index (χ0) is 15.8. The lowest BCUT2D eigenvalue weighted by atomic mass is 9.82. The number of carbonyl (C=O) groups is 2. The van der Waals surface area contributed by atoms with Gasteiger partial charge in [-0.3, -0.25) is 4.79 Å². The first-order chi connectivity index (χ1) is 9.23. The molecule has 0 fully saturated rings. The van der Waals surface area contributed by atoms with Gasteiger partial charge >= 0.3 is 12.0 Å². The Morgan fingerprint density at radius 2 is 1.70 bits per heavy atom. The summed E-state index contributed by atoms with van der Waals surface area (Å²) in [6.45, 7) is 3.45. The molecule has 0 aliphatic rings. The van der Waals surface area contributed by atoms with Gasteiger partial charge in [0, 0.05) is 13.1 Å². The zero-order valence-corrected chi connectivity index (χ0v) is 12.8. The summed E-state index contributed by atoms with van der Waals surface area (Å²) in [7, 11) is -2.08. The number of urea groups is 1. The average Bonchev–Trinajstić information content (AvgIpc) is 2.40. The lowest BCUT2D eigenvalue weighted by Crippen LogP contribution is -2.46. The van der Waals surface area contributed by atoms with E-state index in [4.69, 9.17) is 0 Å². The van der Waals surface area contributed by atoms with Gasteiger partial charge in [-0.15, -0.1) is 0 Å². The van der Waals surface area contributed by atoms with Crippen LogP contribution in [0.15, 0.2) is 0 Å². The summed E-state index contributed by atoms with van der Waals surface area (Å²) in [6.07, 6.45) is 0.792. The van der Waals surface area contributed by atoms with Crippen LogP contribution in [0.3, 0.4) is 0 Å². The molecule has 0 aliphatic heterocycles. The monoisotopic (exact) mass is 309 g/mol. The molecule has 0 heterocycles. The number of carbonyl (C=O) groups excluding carboxylic acids is 1.